The summed E-state index contributed by atoms with van der Waals surface area (Å²) in [5, 5.41) is 8.87. The molecule has 1 N–H and O–H groups in total. The van der Waals surface area contributed by atoms with E-state index in [-0.39, 0.29) is 11.4 Å². The minimum absolute atomic E-state index is 0.0752. The molecule has 1 aliphatic carbocycles. The predicted octanol–water partition coefficient (Wildman–Crippen LogP) is 1.72. The van der Waals surface area contributed by atoms with Gasteiger partial charge in [-0.1, -0.05) is 0 Å². The topological polar surface area (TPSA) is 66.8 Å². The molecule has 0 aromatic carbocycles. The second-order valence-electron chi connectivity index (χ2n) is 4.92. The highest BCUT2D eigenvalue weighted by Gasteiger charge is 2.56. The molecule has 5 heteroatoms. The Balaban J connectivity index is 1.92. The molecule has 1 amide bonds. The minimum Gasteiger partial charge on any atom is -0.466 e. The number of hydrogen-bond donors (Lipinski definition) is 1. The minimum atomic E-state index is -0.857. The zero-order valence-electron chi connectivity index (χ0n) is 10.1. The third-order valence-electron chi connectivity index (χ3n) is 4.02. The van der Waals surface area contributed by atoms with Gasteiger partial charge in [0, 0.05) is 13.1 Å². The number of carbonyl (C=O) groups is 2. The van der Waals surface area contributed by atoms with Crippen LogP contribution in [0.4, 0.5) is 4.79 Å². The lowest BCUT2D eigenvalue weighted by Crippen LogP contribution is -2.41. The molecule has 2 aliphatic rings. The molecule has 2 fully saturated rings. The summed E-state index contributed by atoms with van der Waals surface area (Å²) in [7, 11) is 0. The van der Waals surface area contributed by atoms with Gasteiger partial charge >= 0.3 is 12.1 Å². The van der Waals surface area contributed by atoms with E-state index in [1.807, 2.05) is 6.92 Å². The summed E-state index contributed by atoms with van der Waals surface area (Å²) in [6, 6.07) is 0. The molecular formula is C12H19NO4. The molecule has 0 spiro atoms. The number of likely N-dealkylation sites (tertiary alicyclic amines) is 1. The molecule has 1 saturated carbocycles. The molecule has 0 radical (unpaired) electrons. The highest BCUT2D eigenvalue weighted by Crippen LogP contribution is 2.56. The first kappa shape index (κ1) is 12.2. The molecule has 0 aromatic heterocycles. The van der Waals surface area contributed by atoms with E-state index in [9.17, 15) is 9.59 Å². The van der Waals surface area contributed by atoms with Crippen LogP contribution in [-0.4, -0.2) is 41.8 Å². The van der Waals surface area contributed by atoms with Gasteiger partial charge in [0.15, 0.2) is 0 Å². The number of esters is 1. The molecule has 0 unspecified atom stereocenters. The maximum atomic E-state index is 11.9. The van der Waals surface area contributed by atoms with E-state index in [0.29, 0.717) is 25.6 Å². The van der Waals surface area contributed by atoms with Crippen molar-refractivity contribution >= 4 is 12.1 Å². The zero-order valence-corrected chi connectivity index (χ0v) is 10.1. The van der Waals surface area contributed by atoms with Crippen molar-refractivity contribution in [2.75, 3.05) is 19.7 Å². The summed E-state index contributed by atoms with van der Waals surface area (Å²) in [4.78, 5) is 24.1. The van der Waals surface area contributed by atoms with Crippen LogP contribution < -0.4 is 0 Å². The fourth-order valence-electron chi connectivity index (χ4n) is 2.81. The second-order valence-corrected chi connectivity index (χ2v) is 4.92. The zero-order chi connectivity index (χ0) is 12.5. The molecule has 5 nitrogen and oxygen atoms in total. The monoisotopic (exact) mass is 241 g/mol. The first-order valence-corrected chi connectivity index (χ1v) is 6.25. The summed E-state index contributed by atoms with van der Waals surface area (Å²) in [5.41, 5.74) is -0.277. The Labute approximate surface area is 101 Å². The van der Waals surface area contributed by atoms with Gasteiger partial charge in [0.2, 0.25) is 0 Å². The first-order chi connectivity index (χ1) is 8.10. The Bertz CT molecular complexity index is 316. The van der Waals surface area contributed by atoms with Crippen LogP contribution in [-0.2, 0) is 9.53 Å². The number of ether oxygens (including phenoxy) is 1. The Morgan fingerprint density at radius 1 is 1.35 bits per heavy atom. The van der Waals surface area contributed by atoms with Gasteiger partial charge in [-0.15, -0.1) is 0 Å². The lowest BCUT2D eigenvalue weighted by atomic mass is 9.81. The van der Waals surface area contributed by atoms with E-state index in [1.54, 1.807) is 0 Å². The molecule has 0 atom stereocenters. The van der Waals surface area contributed by atoms with Crippen LogP contribution in [0, 0.1) is 11.3 Å². The highest BCUT2D eigenvalue weighted by molar-refractivity contribution is 5.80. The van der Waals surface area contributed by atoms with E-state index in [4.69, 9.17) is 9.84 Å². The van der Waals surface area contributed by atoms with Crippen molar-refractivity contribution in [3.63, 3.8) is 0 Å². The molecule has 0 bridgehead atoms. The van der Waals surface area contributed by atoms with E-state index in [1.165, 1.54) is 4.90 Å². The summed E-state index contributed by atoms with van der Waals surface area (Å²) >= 11 is 0. The van der Waals surface area contributed by atoms with E-state index >= 15 is 0 Å². The van der Waals surface area contributed by atoms with Gasteiger partial charge in [0.25, 0.3) is 0 Å². The molecule has 1 saturated heterocycles. The predicted molar refractivity (Wildman–Crippen MR) is 60.6 cm³/mol. The quantitative estimate of drug-likeness (QED) is 0.764. The number of hydrogen-bond acceptors (Lipinski definition) is 3. The van der Waals surface area contributed by atoms with Crippen LogP contribution in [0.3, 0.4) is 0 Å². The lowest BCUT2D eigenvalue weighted by molar-refractivity contribution is -0.152. The van der Waals surface area contributed by atoms with Gasteiger partial charge < -0.3 is 14.7 Å². The van der Waals surface area contributed by atoms with Crippen molar-refractivity contribution in [3.8, 4) is 0 Å². The molecule has 2 rings (SSSR count). The first-order valence-electron chi connectivity index (χ1n) is 6.25. The summed E-state index contributed by atoms with van der Waals surface area (Å²) in [6.45, 7) is 3.33. The smallest absolute Gasteiger partial charge is 0.407 e. The third-order valence-corrected chi connectivity index (χ3v) is 4.02. The van der Waals surface area contributed by atoms with Crippen LogP contribution in [0.25, 0.3) is 0 Å². The van der Waals surface area contributed by atoms with Gasteiger partial charge in [0.05, 0.1) is 12.0 Å². The molecule has 1 heterocycles. The van der Waals surface area contributed by atoms with Crippen LogP contribution in [0.1, 0.15) is 32.6 Å². The number of rotatable bonds is 3. The number of piperidine rings is 1. The average Bonchev–Trinajstić information content (AvgIpc) is 3.11. The maximum Gasteiger partial charge on any atom is 0.407 e. The SMILES string of the molecule is CCOC(=O)C1(C2CCN(C(=O)O)CC2)CC1. The molecule has 1 aliphatic heterocycles. The number of nitrogens with zero attached hydrogens (tertiary/aromatic N) is 1. The van der Waals surface area contributed by atoms with Gasteiger partial charge in [-0.3, -0.25) is 4.79 Å². The van der Waals surface area contributed by atoms with Crippen molar-refractivity contribution < 1.29 is 19.4 Å². The van der Waals surface area contributed by atoms with Crippen molar-refractivity contribution in [3.05, 3.63) is 0 Å². The van der Waals surface area contributed by atoms with Crippen molar-refractivity contribution in [1.29, 1.82) is 0 Å². The lowest BCUT2D eigenvalue weighted by Gasteiger charge is -2.33. The van der Waals surface area contributed by atoms with Crippen molar-refractivity contribution in [2.45, 2.75) is 32.6 Å². The largest absolute Gasteiger partial charge is 0.466 e. The number of carbonyl (C=O) groups excluding carboxylic acids is 1. The number of carboxylic acid groups (broad SMARTS) is 1. The average molecular weight is 241 g/mol. The second kappa shape index (κ2) is 4.55. The fraction of sp³-hybridized carbons (Fsp3) is 0.833. The standard InChI is InChI=1S/C12H19NO4/c1-2-17-10(14)12(5-6-12)9-3-7-13(8-4-9)11(15)16/h9H,2-8H2,1H3,(H,15,16). The van der Waals surface area contributed by atoms with Gasteiger partial charge in [-0.2, -0.15) is 0 Å². The van der Waals surface area contributed by atoms with Gasteiger partial charge in [-0.25, -0.2) is 4.79 Å². The van der Waals surface area contributed by atoms with E-state index in [0.717, 1.165) is 25.7 Å². The van der Waals surface area contributed by atoms with Crippen molar-refractivity contribution in [2.24, 2.45) is 11.3 Å². The number of amides is 1. The Morgan fingerprint density at radius 3 is 2.35 bits per heavy atom. The van der Waals surface area contributed by atoms with Crippen LogP contribution in [0.2, 0.25) is 0 Å². The molecular weight excluding hydrogens is 222 g/mol. The normalized spacial score (nSPS) is 23.2. The Morgan fingerprint density at radius 2 is 1.94 bits per heavy atom. The molecule has 0 aromatic rings. The fourth-order valence-corrected chi connectivity index (χ4v) is 2.81. The third kappa shape index (κ3) is 2.23. The summed E-state index contributed by atoms with van der Waals surface area (Å²) in [5.74, 6) is 0.228. The van der Waals surface area contributed by atoms with Crippen LogP contribution in [0.5, 0.6) is 0 Å². The highest BCUT2D eigenvalue weighted by atomic mass is 16.5. The molecule has 17 heavy (non-hydrogen) atoms. The Kier molecular flexibility index (Phi) is 3.26. The maximum absolute atomic E-state index is 11.9. The Hall–Kier alpha value is -1.26. The van der Waals surface area contributed by atoms with E-state index in [2.05, 4.69) is 0 Å². The molecule has 96 valence electrons. The van der Waals surface area contributed by atoms with Gasteiger partial charge in [0.1, 0.15) is 0 Å². The van der Waals surface area contributed by atoms with Crippen LogP contribution >= 0.6 is 0 Å². The van der Waals surface area contributed by atoms with E-state index < -0.39 is 6.09 Å². The van der Waals surface area contributed by atoms with Crippen molar-refractivity contribution in [1.82, 2.24) is 4.90 Å². The summed E-state index contributed by atoms with van der Waals surface area (Å²) < 4.78 is 5.13. The van der Waals surface area contributed by atoms with Crippen LogP contribution in [0.15, 0.2) is 0 Å². The summed E-state index contributed by atoms with van der Waals surface area (Å²) in [6.07, 6.45) is 2.52. The van der Waals surface area contributed by atoms with Gasteiger partial charge in [-0.05, 0) is 38.5 Å².